The van der Waals surface area contributed by atoms with Gasteiger partial charge in [-0.3, -0.25) is 0 Å². The van der Waals surface area contributed by atoms with E-state index >= 15 is 0 Å². The van der Waals surface area contributed by atoms with Crippen molar-refractivity contribution in [3.63, 3.8) is 0 Å². The molecule has 74 valence electrons. The minimum atomic E-state index is 0.192. The standard InChI is InChI=1S/C10H20Cl2/c1-2-3-4-5-6-7-8-10(12)9-11/h10H,2-9H2,1H3/t10-/m0/s1. The molecule has 0 aromatic carbocycles. The van der Waals surface area contributed by atoms with Gasteiger partial charge in [0.2, 0.25) is 0 Å². The molecule has 0 aromatic heterocycles. The molecule has 0 radical (unpaired) electrons. The van der Waals surface area contributed by atoms with Crippen LogP contribution in [0.15, 0.2) is 0 Å². The van der Waals surface area contributed by atoms with E-state index in [-0.39, 0.29) is 5.38 Å². The summed E-state index contributed by atoms with van der Waals surface area (Å²) >= 11 is 11.5. The second kappa shape index (κ2) is 9.67. The Balaban J connectivity index is 2.90. The number of alkyl halides is 2. The zero-order chi connectivity index (χ0) is 9.23. The molecule has 0 N–H and O–H groups in total. The predicted molar refractivity (Wildman–Crippen MR) is 58.4 cm³/mol. The topological polar surface area (TPSA) is 0 Å². The molecule has 0 saturated heterocycles. The van der Waals surface area contributed by atoms with E-state index in [1.165, 1.54) is 38.5 Å². The van der Waals surface area contributed by atoms with Gasteiger partial charge in [0.15, 0.2) is 0 Å². The minimum absolute atomic E-state index is 0.192. The summed E-state index contributed by atoms with van der Waals surface area (Å²) in [6.07, 6.45) is 9.07. The van der Waals surface area contributed by atoms with Crippen LogP contribution in [0.2, 0.25) is 0 Å². The summed E-state index contributed by atoms with van der Waals surface area (Å²) in [4.78, 5) is 0. The van der Waals surface area contributed by atoms with Gasteiger partial charge < -0.3 is 0 Å². The van der Waals surface area contributed by atoms with E-state index in [0.717, 1.165) is 6.42 Å². The lowest BCUT2D eigenvalue weighted by Gasteiger charge is -2.04. The van der Waals surface area contributed by atoms with Gasteiger partial charge in [-0.15, -0.1) is 23.2 Å². The summed E-state index contributed by atoms with van der Waals surface area (Å²) < 4.78 is 0. The zero-order valence-electron chi connectivity index (χ0n) is 7.99. The normalized spacial score (nSPS) is 13.2. The molecular weight excluding hydrogens is 191 g/mol. The first-order valence-electron chi connectivity index (χ1n) is 5.01. The molecule has 0 unspecified atom stereocenters. The average molecular weight is 211 g/mol. The molecule has 0 aliphatic heterocycles. The van der Waals surface area contributed by atoms with Crippen molar-refractivity contribution in [2.45, 2.75) is 57.2 Å². The number of halogens is 2. The van der Waals surface area contributed by atoms with Gasteiger partial charge in [-0.1, -0.05) is 45.4 Å². The van der Waals surface area contributed by atoms with Crippen molar-refractivity contribution in [2.75, 3.05) is 5.88 Å². The van der Waals surface area contributed by atoms with Crippen LogP contribution in [0.4, 0.5) is 0 Å². The molecular formula is C10H20Cl2. The van der Waals surface area contributed by atoms with E-state index in [9.17, 15) is 0 Å². The van der Waals surface area contributed by atoms with Gasteiger partial charge in [0.05, 0.1) is 0 Å². The van der Waals surface area contributed by atoms with Crippen LogP contribution < -0.4 is 0 Å². The van der Waals surface area contributed by atoms with Crippen LogP contribution in [-0.2, 0) is 0 Å². The summed E-state index contributed by atoms with van der Waals surface area (Å²) in [5.74, 6) is 0.594. The molecule has 12 heavy (non-hydrogen) atoms. The molecule has 0 amide bonds. The van der Waals surface area contributed by atoms with Crippen LogP contribution in [0.3, 0.4) is 0 Å². The first-order chi connectivity index (χ1) is 5.81. The van der Waals surface area contributed by atoms with Crippen LogP contribution in [0.1, 0.15) is 51.9 Å². The van der Waals surface area contributed by atoms with Crippen molar-refractivity contribution in [3.05, 3.63) is 0 Å². The van der Waals surface area contributed by atoms with Crippen LogP contribution in [-0.4, -0.2) is 11.3 Å². The van der Waals surface area contributed by atoms with Gasteiger partial charge in [0.25, 0.3) is 0 Å². The van der Waals surface area contributed by atoms with Gasteiger partial charge in [-0.05, 0) is 6.42 Å². The number of unbranched alkanes of at least 4 members (excludes halogenated alkanes) is 5. The second-order valence-corrected chi connectivity index (χ2v) is 4.23. The molecule has 2 heteroatoms. The minimum Gasteiger partial charge on any atom is -0.125 e. The quantitative estimate of drug-likeness (QED) is 0.407. The fourth-order valence-corrected chi connectivity index (χ4v) is 1.53. The Morgan fingerprint density at radius 3 is 2.17 bits per heavy atom. The first-order valence-corrected chi connectivity index (χ1v) is 5.98. The Labute approximate surface area is 86.6 Å². The van der Waals surface area contributed by atoms with E-state index in [4.69, 9.17) is 23.2 Å². The summed E-state index contributed by atoms with van der Waals surface area (Å²) in [6, 6.07) is 0. The molecule has 0 fully saturated rings. The third-order valence-electron chi connectivity index (χ3n) is 2.04. The van der Waals surface area contributed by atoms with Crippen molar-refractivity contribution in [2.24, 2.45) is 0 Å². The van der Waals surface area contributed by atoms with Crippen LogP contribution >= 0.6 is 23.2 Å². The highest BCUT2D eigenvalue weighted by atomic mass is 35.5. The van der Waals surface area contributed by atoms with Crippen molar-refractivity contribution < 1.29 is 0 Å². The summed E-state index contributed by atoms with van der Waals surface area (Å²) in [6.45, 7) is 2.24. The molecule has 0 aliphatic rings. The molecule has 0 spiro atoms. The molecule has 0 rings (SSSR count). The van der Waals surface area contributed by atoms with E-state index in [0.29, 0.717) is 5.88 Å². The lowest BCUT2D eigenvalue weighted by atomic mass is 10.1. The lowest BCUT2D eigenvalue weighted by molar-refractivity contribution is 0.588. The smallest absolute Gasteiger partial charge is 0.0471 e. The van der Waals surface area contributed by atoms with E-state index in [2.05, 4.69) is 6.92 Å². The van der Waals surface area contributed by atoms with Crippen LogP contribution in [0.25, 0.3) is 0 Å². The van der Waals surface area contributed by atoms with Crippen molar-refractivity contribution in [1.29, 1.82) is 0 Å². The number of hydrogen-bond donors (Lipinski definition) is 0. The van der Waals surface area contributed by atoms with Gasteiger partial charge in [-0.2, -0.15) is 0 Å². The first kappa shape index (κ1) is 12.6. The number of hydrogen-bond acceptors (Lipinski definition) is 0. The molecule has 0 nitrogen and oxygen atoms in total. The monoisotopic (exact) mass is 210 g/mol. The van der Waals surface area contributed by atoms with Gasteiger partial charge in [0, 0.05) is 11.3 Å². The molecule has 0 aliphatic carbocycles. The fourth-order valence-electron chi connectivity index (χ4n) is 1.22. The lowest BCUT2D eigenvalue weighted by Crippen LogP contribution is -1.99. The largest absolute Gasteiger partial charge is 0.125 e. The van der Waals surface area contributed by atoms with Gasteiger partial charge in [0.1, 0.15) is 0 Å². The van der Waals surface area contributed by atoms with Crippen LogP contribution in [0.5, 0.6) is 0 Å². The number of rotatable bonds is 8. The van der Waals surface area contributed by atoms with Crippen molar-refractivity contribution in [1.82, 2.24) is 0 Å². The molecule has 0 bridgehead atoms. The van der Waals surface area contributed by atoms with Gasteiger partial charge >= 0.3 is 0 Å². The third-order valence-corrected chi connectivity index (χ3v) is 2.94. The second-order valence-electron chi connectivity index (χ2n) is 3.31. The molecule has 1 atom stereocenters. The summed E-state index contributed by atoms with van der Waals surface area (Å²) in [5.41, 5.74) is 0. The van der Waals surface area contributed by atoms with Crippen molar-refractivity contribution >= 4 is 23.2 Å². The highest BCUT2D eigenvalue weighted by molar-refractivity contribution is 6.28. The third kappa shape index (κ3) is 8.67. The predicted octanol–water partition coefficient (Wildman–Crippen LogP) is 4.58. The zero-order valence-corrected chi connectivity index (χ0v) is 9.50. The van der Waals surface area contributed by atoms with Crippen LogP contribution in [0, 0.1) is 0 Å². The summed E-state index contributed by atoms with van der Waals surface area (Å²) in [5, 5.41) is 0.192. The Morgan fingerprint density at radius 1 is 1.00 bits per heavy atom. The molecule has 0 aromatic rings. The Bertz CT molecular complexity index is 83.9. The Hall–Kier alpha value is 0.580. The maximum absolute atomic E-state index is 5.87. The molecule has 0 saturated carbocycles. The highest BCUT2D eigenvalue weighted by Crippen LogP contribution is 2.12. The van der Waals surface area contributed by atoms with E-state index in [1.807, 2.05) is 0 Å². The van der Waals surface area contributed by atoms with Crippen molar-refractivity contribution in [3.8, 4) is 0 Å². The molecule has 0 heterocycles. The van der Waals surface area contributed by atoms with E-state index in [1.54, 1.807) is 0 Å². The Kier molecular flexibility index (Phi) is 10.1. The maximum Gasteiger partial charge on any atom is 0.0471 e. The summed E-state index contributed by atoms with van der Waals surface area (Å²) in [7, 11) is 0. The van der Waals surface area contributed by atoms with E-state index < -0.39 is 0 Å². The fraction of sp³-hybridized carbons (Fsp3) is 1.00. The average Bonchev–Trinajstić information content (AvgIpc) is 2.10. The Morgan fingerprint density at radius 2 is 1.58 bits per heavy atom. The van der Waals surface area contributed by atoms with Gasteiger partial charge in [-0.25, -0.2) is 0 Å². The maximum atomic E-state index is 5.87. The SMILES string of the molecule is CCCCCCCC[C@H](Cl)CCl. The highest BCUT2D eigenvalue weighted by Gasteiger charge is 2.00.